The van der Waals surface area contributed by atoms with Crippen molar-refractivity contribution >= 4 is 11.3 Å². The monoisotopic (exact) mass is 215 g/mol. The van der Waals surface area contributed by atoms with Gasteiger partial charge in [0.25, 0.3) is 0 Å². The summed E-state index contributed by atoms with van der Waals surface area (Å²) < 4.78 is 0. The molecule has 1 heterocycles. The maximum absolute atomic E-state index is 4.42. The smallest absolute Gasteiger partial charge is 0.0900 e. The van der Waals surface area contributed by atoms with Gasteiger partial charge in [-0.25, -0.2) is 4.98 Å². The van der Waals surface area contributed by atoms with Crippen molar-refractivity contribution in [2.45, 2.75) is 61.3 Å². The number of hydrogen-bond acceptors (Lipinski definition) is 2. The molecule has 14 heavy (non-hydrogen) atoms. The molecule has 1 aromatic rings. The van der Waals surface area contributed by atoms with Crippen LogP contribution in [0.3, 0.4) is 0 Å². The van der Waals surface area contributed by atoms with Crippen LogP contribution in [-0.4, -0.2) is 4.98 Å². The van der Waals surface area contributed by atoms with E-state index >= 15 is 0 Å². The van der Waals surface area contributed by atoms with Gasteiger partial charge in [-0.3, -0.25) is 0 Å². The largest absolute Gasteiger partial charge is 0.246 e. The lowest BCUT2D eigenvalue weighted by Crippen LogP contribution is -1.85. The van der Waals surface area contributed by atoms with Gasteiger partial charge in [-0.15, -0.1) is 11.3 Å². The third kappa shape index (κ3) is 5.38. The summed E-state index contributed by atoms with van der Waals surface area (Å²) in [6.45, 7) is 14.4. The summed E-state index contributed by atoms with van der Waals surface area (Å²) in [4.78, 5) is 5.88. The zero-order valence-electron chi connectivity index (χ0n) is 10.8. The topological polar surface area (TPSA) is 12.9 Å². The predicted octanol–water partition coefficient (Wildman–Crippen LogP) is 4.63. The molecule has 0 unspecified atom stereocenters. The summed E-state index contributed by atoms with van der Waals surface area (Å²) >= 11 is 1.83. The van der Waals surface area contributed by atoms with Gasteiger partial charge in [0.2, 0.25) is 0 Å². The third-order valence-corrected chi connectivity index (χ3v) is 2.70. The molecule has 0 bridgehead atoms. The molecule has 0 spiro atoms. The Morgan fingerprint density at radius 3 is 1.79 bits per heavy atom. The molecule has 0 aliphatic carbocycles. The first-order valence-electron chi connectivity index (χ1n) is 5.73. The van der Waals surface area contributed by atoms with E-state index in [2.05, 4.69) is 25.8 Å². The van der Waals surface area contributed by atoms with E-state index in [-0.39, 0.29) is 0 Å². The average Bonchev–Trinajstić information content (AvgIpc) is 2.64. The molecular formula is C12H25NS. The standard InChI is InChI=1S/C8H13NS.2C2H6/c1-4-7-8(5-2)10-6(3)9-7;2*1-2/h4-5H2,1-3H3;2*1-2H3. The van der Waals surface area contributed by atoms with Crippen LogP contribution in [0.1, 0.15) is 57.1 Å². The first-order chi connectivity index (χ1) is 6.77. The van der Waals surface area contributed by atoms with Crippen molar-refractivity contribution in [3.8, 4) is 0 Å². The zero-order chi connectivity index (χ0) is 11.6. The number of aryl methyl sites for hydroxylation is 3. The van der Waals surface area contributed by atoms with Crippen LogP contribution >= 0.6 is 11.3 Å². The van der Waals surface area contributed by atoms with E-state index in [1.54, 1.807) is 0 Å². The lowest BCUT2D eigenvalue weighted by Gasteiger charge is -1.90. The Labute approximate surface area is 93.6 Å². The summed E-state index contributed by atoms with van der Waals surface area (Å²) in [7, 11) is 0. The van der Waals surface area contributed by atoms with Crippen LogP contribution in [-0.2, 0) is 12.8 Å². The van der Waals surface area contributed by atoms with Crippen molar-refractivity contribution in [2.75, 3.05) is 0 Å². The van der Waals surface area contributed by atoms with Gasteiger partial charge in [0, 0.05) is 4.88 Å². The van der Waals surface area contributed by atoms with Crippen molar-refractivity contribution in [1.29, 1.82) is 0 Å². The van der Waals surface area contributed by atoms with E-state index in [1.165, 1.54) is 15.6 Å². The fourth-order valence-electron chi connectivity index (χ4n) is 1.06. The Morgan fingerprint density at radius 2 is 1.50 bits per heavy atom. The molecule has 0 saturated heterocycles. The van der Waals surface area contributed by atoms with E-state index < -0.39 is 0 Å². The molecule has 0 N–H and O–H groups in total. The number of nitrogens with zero attached hydrogens (tertiary/aromatic N) is 1. The second kappa shape index (κ2) is 10.7. The average molecular weight is 215 g/mol. The number of aromatic nitrogens is 1. The molecular weight excluding hydrogens is 190 g/mol. The minimum absolute atomic E-state index is 1.08. The van der Waals surface area contributed by atoms with Crippen molar-refractivity contribution < 1.29 is 0 Å². The Hall–Kier alpha value is -0.370. The molecule has 0 atom stereocenters. The first-order valence-corrected chi connectivity index (χ1v) is 6.54. The molecule has 1 nitrogen and oxygen atoms in total. The molecule has 0 fully saturated rings. The fourth-order valence-corrected chi connectivity index (χ4v) is 2.03. The molecule has 0 aromatic carbocycles. The number of thiazole rings is 1. The minimum Gasteiger partial charge on any atom is -0.246 e. The van der Waals surface area contributed by atoms with Crippen molar-refractivity contribution in [1.82, 2.24) is 4.98 Å². The maximum Gasteiger partial charge on any atom is 0.0900 e. The van der Waals surface area contributed by atoms with Gasteiger partial charge >= 0.3 is 0 Å². The Bertz CT molecular complexity index is 195. The molecule has 0 aliphatic rings. The molecule has 2 heteroatoms. The Morgan fingerprint density at radius 1 is 1.00 bits per heavy atom. The van der Waals surface area contributed by atoms with Gasteiger partial charge in [0.05, 0.1) is 10.7 Å². The fraction of sp³-hybridized carbons (Fsp3) is 0.750. The lowest BCUT2D eigenvalue weighted by atomic mass is 10.2. The lowest BCUT2D eigenvalue weighted by molar-refractivity contribution is 0.997. The van der Waals surface area contributed by atoms with Gasteiger partial charge in [-0.2, -0.15) is 0 Å². The summed E-state index contributed by atoms with van der Waals surface area (Å²) in [5.74, 6) is 0. The number of hydrogen-bond donors (Lipinski definition) is 0. The molecule has 0 aliphatic heterocycles. The molecule has 0 amide bonds. The van der Waals surface area contributed by atoms with Crippen molar-refractivity contribution in [3.63, 3.8) is 0 Å². The van der Waals surface area contributed by atoms with E-state index in [4.69, 9.17) is 0 Å². The van der Waals surface area contributed by atoms with E-state index in [0.717, 1.165) is 12.8 Å². The maximum atomic E-state index is 4.42. The highest BCUT2D eigenvalue weighted by atomic mass is 32.1. The second-order valence-corrected chi connectivity index (χ2v) is 3.60. The highest BCUT2D eigenvalue weighted by Crippen LogP contribution is 2.18. The van der Waals surface area contributed by atoms with Crippen LogP contribution in [0.2, 0.25) is 0 Å². The van der Waals surface area contributed by atoms with E-state index in [1.807, 2.05) is 39.0 Å². The van der Waals surface area contributed by atoms with Crippen LogP contribution in [0.15, 0.2) is 0 Å². The zero-order valence-corrected chi connectivity index (χ0v) is 11.6. The van der Waals surface area contributed by atoms with Crippen molar-refractivity contribution in [3.05, 3.63) is 15.6 Å². The predicted molar refractivity (Wildman–Crippen MR) is 68.3 cm³/mol. The van der Waals surface area contributed by atoms with Crippen LogP contribution in [0, 0.1) is 6.92 Å². The Balaban J connectivity index is 0. The molecule has 0 radical (unpaired) electrons. The molecule has 84 valence electrons. The SMILES string of the molecule is CC.CC.CCc1nc(C)sc1CC. The normalized spacial score (nSPS) is 8.21. The van der Waals surface area contributed by atoms with Crippen LogP contribution in [0.4, 0.5) is 0 Å². The summed E-state index contributed by atoms with van der Waals surface area (Å²) in [6.07, 6.45) is 2.21. The summed E-state index contributed by atoms with van der Waals surface area (Å²) in [5.41, 5.74) is 1.30. The van der Waals surface area contributed by atoms with Gasteiger partial charge in [-0.05, 0) is 19.8 Å². The highest BCUT2D eigenvalue weighted by molar-refractivity contribution is 7.11. The van der Waals surface area contributed by atoms with E-state index in [0.29, 0.717) is 0 Å². The van der Waals surface area contributed by atoms with Gasteiger partial charge in [-0.1, -0.05) is 41.5 Å². The quantitative estimate of drug-likeness (QED) is 0.701. The molecule has 0 saturated carbocycles. The van der Waals surface area contributed by atoms with Crippen LogP contribution in [0.5, 0.6) is 0 Å². The third-order valence-electron chi connectivity index (χ3n) is 1.54. The Kier molecular flexibility index (Phi) is 12.3. The van der Waals surface area contributed by atoms with Crippen LogP contribution in [0.25, 0.3) is 0 Å². The van der Waals surface area contributed by atoms with E-state index in [9.17, 15) is 0 Å². The second-order valence-electron chi connectivity index (χ2n) is 2.31. The highest BCUT2D eigenvalue weighted by Gasteiger charge is 2.03. The summed E-state index contributed by atoms with van der Waals surface area (Å²) in [6, 6.07) is 0. The van der Waals surface area contributed by atoms with Crippen molar-refractivity contribution in [2.24, 2.45) is 0 Å². The van der Waals surface area contributed by atoms with Gasteiger partial charge in [0.1, 0.15) is 0 Å². The van der Waals surface area contributed by atoms with Crippen LogP contribution < -0.4 is 0 Å². The first kappa shape index (κ1) is 16.1. The minimum atomic E-state index is 1.08. The van der Waals surface area contributed by atoms with Gasteiger partial charge in [0.15, 0.2) is 0 Å². The molecule has 1 aromatic heterocycles. The number of rotatable bonds is 2. The van der Waals surface area contributed by atoms with Gasteiger partial charge < -0.3 is 0 Å². The molecule has 1 rings (SSSR count). The summed E-state index contributed by atoms with van der Waals surface area (Å²) in [5, 5.41) is 1.20.